The van der Waals surface area contributed by atoms with Crippen LogP contribution in [0.5, 0.6) is 0 Å². The highest BCUT2D eigenvalue weighted by atomic mass is 16.5. The monoisotopic (exact) mass is 478 g/mol. The van der Waals surface area contributed by atoms with E-state index in [1.54, 1.807) is 6.92 Å². The minimum Gasteiger partial charge on any atom is -0.480 e. The Morgan fingerprint density at radius 3 is 2.09 bits per heavy atom. The lowest BCUT2D eigenvalue weighted by atomic mass is 9.84. The van der Waals surface area contributed by atoms with Crippen LogP contribution in [0.25, 0.3) is 11.1 Å². The first-order chi connectivity index (χ1) is 17.0. The molecule has 0 bridgehead atoms. The minimum absolute atomic E-state index is 0.0738. The predicted octanol–water partition coefficient (Wildman–Crippen LogP) is 4.84. The Kier molecular flexibility index (Phi) is 8.06. The largest absolute Gasteiger partial charge is 0.480 e. The molecule has 3 N–H and O–H groups in total. The molecule has 2 aromatic rings. The van der Waals surface area contributed by atoms with Crippen LogP contribution in [0.3, 0.4) is 0 Å². The number of hydrogen-bond donors (Lipinski definition) is 3. The van der Waals surface area contributed by atoms with Crippen LogP contribution in [0, 0.1) is 5.92 Å². The topological polar surface area (TPSA) is 105 Å². The SMILES string of the molecule is CCC(NC(=O)C(CC1CCCCC1)NC(=O)OCC1c2ccccc2-c2ccccc21)C(=O)O. The second-order valence-corrected chi connectivity index (χ2v) is 9.57. The lowest BCUT2D eigenvalue weighted by Crippen LogP contribution is -2.52. The molecule has 4 rings (SSSR count). The Bertz CT molecular complexity index is 1020. The maximum absolute atomic E-state index is 13.0. The maximum Gasteiger partial charge on any atom is 0.407 e. The van der Waals surface area contributed by atoms with E-state index < -0.39 is 30.1 Å². The van der Waals surface area contributed by atoms with E-state index in [0.717, 1.165) is 47.9 Å². The van der Waals surface area contributed by atoms with Crippen LogP contribution < -0.4 is 10.6 Å². The van der Waals surface area contributed by atoms with E-state index >= 15 is 0 Å². The second-order valence-electron chi connectivity index (χ2n) is 9.57. The quantitative estimate of drug-likeness (QED) is 0.478. The van der Waals surface area contributed by atoms with Crippen LogP contribution >= 0.6 is 0 Å². The van der Waals surface area contributed by atoms with Gasteiger partial charge in [-0.25, -0.2) is 9.59 Å². The Balaban J connectivity index is 1.43. The molecule has 2 aliphatic carbocycles. The highest BCUT2D eigenvalue weighted by Crippen LogP contribution is 2.44. The molecule has 2 atom stereocenters. The van der Waals surface area contributed by atoms with Crippen LogP contribution in [0.2, 0.25) is 0 Å². The zero-order valence-electron chi connectivity index (χ0n) is 20.2. The van der Waals surface area contributed by atoms with Crippen molar-refractivity contribution in [2.45, 2.75) is 69.9 Å². The van der Waals surface area contributed by atoms with E-state index in [2.05, 4.69) is 34.9 Å². The van der Waals surface area contributed by atoms with Gasteiger partial charge < -0.3 is 20.5 Å². The number of aliphatic carboxylic acids is 1. The summed E-state index contributed by atoms with van der Waals surface area (Å²) < 4.78 is 5.64. The van der Waals surface area contributed by atoms with Crippen molar-refractivity contribution in [2.75, 3.05) is 6.61 Å². The van der Waals surface area contributed by atoms with Gasteiger partial charge in [-0.3, -0.25) is 4.79 Å². The van der Waals surface area contributed by atoms with E-state index in [1.807, 2.05) is 24.3 Å². The van der Waals surface area contributed by atoms with Gasteiger partial charge in [0.1, 0.15) is 18.7 Å². The van der Waals surface area contributed by atoms with Gasteiger partial charge in [0, 0.05) is 5.92 Å². The van der Waals surface area contributed by atoms with Crippen LogP contribution in [0.1, 0.15) is 68.9 Å². The zero-order chi connectivity index (χ0) is 24.8. The summed E-state index contributed by atoms with van der Waals surface area (Å²) in [4.78, 5) is 37.2. The zero-order valence-corrected chi connectivity index (χ0v) is 20.2. The number of hydrogen-bond acceptors (Lipinski definition) is 4. The number of rotatable bonds is 9. The standard InChI is InChI=1S/C28H34N2O5/c1-2-24(27(32)33)29-26(31)25(16-18-10-4-3-5-11-18)30-28(34)35-17-23-21-14-8-6-12-19(21)20-13-7-9-15-22(20)23/h6-9,12-15,18,23-25H,2-5,10-11,16-17H2,1H3,(H,29,31)(H,30,34)(H,32,33). The summed E-state index contributed by atoms with van der Waals surface area (Å²) in [7, 11) is 0. The first-order valence-electron chi connectivity index (χ1n) is 12.6. The third-order valence-corrected chi connectivity index (χ3v) is 7.27. The average molecular weight is 479 g/mol. The van der Waals surface area contributed by atoms with E-state index in [-0.39, 0.29) is 18.9 Å². The summed E-state index contributed by atoms with van der Waals surface area (Å²) in [6, 6.07) is 14.4. The number of ether oxygens (including phenoxy) is 1. The molecule has 2 unspecified atom stereocenters. The van der Waals surface area contributed by atoms with Gasteiger partial charge in [-0.05, 0) is 41.0 Å². The number of alkyl carbamates (subject to hydrolysis) is 1. The number of amides is 2. The third kappa shape index (κ3) is 5.84. The van der Waals surface area contributed by atoms with Crippen LogP contribution in [0.4, 0.5) is 4.79 Å². The van der Waals surface area contributed by atoms with Gasteiger partial charge in [-0.1, -0.05) is 87.6 Å². The predicted molar refractivity (Wildman–Crippen MR) is 133 cm³/mol. The fraction of sp³-hybridized carbons (Fsp3) is 0.464. The molecule has 0 heterocycles. The summed E-state index contributed by atoms with van der Waals surface area (Å²) in [5.74, 6) is -1.31. The van der Waals surface area contributed by atoms with Crippen molar-refractivity contribution in [1.82, 2.24) is 10.6 Å². The number of carbonyl (C=O) groups is 3. The Morgan fingerprint density at radius 2 is 1.51 bits per heavy atom. The highest BCUT2D eigenvalue weighted by molar-refractivity contribution is 5.89. The first-order valence-corrected chi connectivity index (χ1v) is 12.6. The molecule has 35 heavy (non-hydrogen) atoms. The first kappa shape index (κ1) is 24.8. The van der Waals surface area contributed by atoms with Crippen molar-refractivity contribution >= 4 is 18.0 Å². The Morgan fingerprint density at radius 1 is 0.914 bits per heavy atom. The molecule has 7 nitrogen and oxygen atoms in total. The smallest absolute Gasteiger partial charge is 0.407 e. The van der Waals surface area contributed by atoms with Gasteiger partial charge in [0.15, 0.2) is 0 Å². The molecular weight excluding hydrogens is 444 g/mol. The molecule has 1 saturated carbocycles. The van der Waals surface area contributed by atoms with Crippen LogP contribution in [-0.4, -0.2) is 41.8 Å². The maximum atomic E-state index is 13.0. The van der Waals surface area contributed by atoms with Crippen molar-refractivity contribution in [1.29, 1.82) is 0 Å². The van der Waals surface area contributed by atoms with Gasteiger partial charge in [-0.2, -0.15) is 0 Å². The number of carboxylic acid groups (broad SMARTS) is 1. The molecular formula is C28H34N2O5. The molecule has 7 heteroatoms. The van der Waals surface area contributed by atoms with Crippen LogP contribution in [0.15, 0.2) is 48.5 Å². The summed E-state index contributed by atoms with van der Waals surface area (Å²) >= 11 is 0. The van der Waals surface area contributed by atoms with Crippen molar-refractivity contribution in [3.8, 4) is 11.1 Å². The van der Waals surface area contributed by atoms with Gasteiger partial charge in [-0.15, -0.1) is 0 Å². The van der Waals surface area contributed by atoms with Gasteiger partial charge in [0.25, 0.3) is 0 Å². The Labute approximate surface area is 206 Å². The molecule has 2 aromatic carbocycles. The third-order valence-electron chi connectivity index (χ3n) is 7.27. The second kappa shape index (κ2) is 11.4. The summed E-state index contributed by atoms with van der Waals surface area (Å²) in [5, 5.41) is 14.7. The molecule has 0 radical (unpaired) electrons. The fourth-order valence-corrected chi connectivity index (χ4v) is 5.38. The molecule has 2 amide bonds. The molecule has 0 aromatic heterocycles. The molecule has 186 valence electrons. The van der Waals surface area contributed by atoms with E-state index in [9.17, 15) is 19.5 Å². The van der Waals surface area contributed by atoms with Gasteiger partial charge in [0.05, 0.1) is 0 Å². The fourth-order valence-electron chi connectivity index (χ4n) is 5.38. The molecule has 0 saturated heterocycles. The van der Waals surface area contributed by atoms with E-state index in [0.29, 0.717) is 12.3 Å². The average Bonchev–Trinajstić information content (AvgIpc) is 3.19. The number of benzene rings is 2. The summed E-state index contributed by atoms with van der Waals surface area (Å²) in [6.07, 6.45) is 5.50. The number of carbonyl (C=O) groups excluding carboxylic acids is 2. The summed E-state index contributed by atoms with van der Waals surface area (Å²) in [5.41, 5.74) is 4.52. The number of fused-ring (bicyclic) bond motifs is 3. The van der Waals surface area contributed by atoms with Crippen LogP contribution in [-0.2, 0) is 14.3 Å². The van der Waals surface area contributed by atoms with E-state index in [4.69, 9.17) is 4.74 Å². The normalized spacial score (nSPS) is 17.1. The van der Waals surface area contributed by atoms with Crippen molar-refractivity contribution in [3.05, 3.63) is 59.7 Å². The number of carboxylic acids is 1. The van der Waals surface area contributed by atoms with Crippen molar-refractivity contribution < 1.29 is 24.2 Å². The molecule has 2 aliphatic rings. The molecule has 0 spiro atoms. The minimum atomic E-state index is -1.08. The Hall–Kier alpha value is -3.35. The van der Waals surface area contributed by atoms with Crippen molar-refractivity contribution in [2.24, 2.45) is 5.92 Å². The lowest BCUT2D eigenvalue weighted by molar-refractivity contribution is -0.142. The van der Waals surface area contributed by atoms with Crippen molar-refractivity contribution in [3.63, 3.8) is 0 Å². The van der Waals surface area contributed by atoms with E-state index in [1.165, 1.54) is 6.42 Å². The molecule has 0 aliphatic heterocycles. The number of nitrogens with one attached hydrogen (secondary N) is 2. The lowest BCUT2D eigenvalue weighted by Gasteiger charge is -2.27. The molecule has 1 fully saturated rings. The van der Waals surface area contributed by atoms with Gasteiger partial charge >= 0.3 is 12.1 Å². The van der Waals surface area contributed by atoms with Gasteiger partial charge in [0.2, 0.25) is 5.91 Å². The summed E-state index contributed by atoms with van der Waals surface area (Å²) in [6.45, 7) is 1.86. The highest BCUT2D eigenvalue weighted by Gasteiger charge is 2.31.